The molecule has 0 bridgehead atoms. The maximum atomic E-state index is 13.1. The van der Waals surface area contributed by atoms with Crippen molar-refractivity contribution in [1.82, 2.24) is 19.7 Å². The number of aryl methyl sites for hydroxylation is 1. The van der Waals surface area contributed by atoms with Crippen LogP contribution in [0.3, 0.4) is 0 Å². The van der Waals surface area contributed by atoms with Crippen LogP contribution in [0.2, 0.25) is 0 Å². The Morgan fingerprint density at radius 3 is 2.71 bits per heavy atom. The molecule has 2 heterocycles. The van der Waals surface area contributed by atoms with Crippen molar-refractivity contribution in [2.45, 2.75) is 26.8 Å². The van der Waals surface area contributed by atoms with Crippen LogP contribution in [-0.2, 0) is 0 Å². The van der Waals surface area contributed by atoms with Crippen molar-refractivity contribution in [1.29, 1.82) is 0 Å². The van der Waals surface area contributed by atoms with Gasteiger partial charge in [-0.05, 0) is 20.8 Å². The number of nitrogens with zero attached hydrogens (tertiary/aromatic N) is 3. The molecule has 0 atom stereocenters. The van der Waals surface area contributed by atoms with Crippen LogP contribution in [0.4, 0.5) is 4.39 Å². The molecule has 0 aliphatic heterocycles. The van der Waals surface area contributed by atoms with Crippen molar-refractivity contribution < 1.29 is 4.39 Å². The molecule has 1 N–H and O–H groups in total. The summed E-state index contributed by atoms with van der Waals surface area (Å²) >= 11 is 0. The molecule has 0 amide bonds. The molecular formula is C11H13FN4O. The first-order valence-corrected chi connectivity index (χ1v) is 5.30. The van der Waals surface area contributed by atoms with Crippen molar-refractivity contribution in [3.8, 4) is 11.4 Å². The maximum absolute atomic E-state index is 13.1. The van der Waals surface area contributed by atoms with Gasteiger partial charge in [-0.25, -0.2) is 4.98 Å². The molecule has 2 rings (SSSR count). The number of aromatic amines is 1. The lowest BCUT2D eigenvalue weighted by Gasteiger charge is -2.03. The van der Waals surface area contributed by atoms with E-state index in [0.29, 0.717) is 11.4 Å². The Kier molecular flexibility index (Phi) is 2.79. The van der Waals surface area contributed by atoms with Crippen molar-refractivity contribution in [2.75, 3.05) is 0 Å². The van der Waals surface area contributed by atoms with E-state index in [2.05, 4.69) is 15.1 Å². The highest BCUT2D eigenvalue weighted by Crippen LogP contribution is 2.15. The lowest BCUT2D eigenvalue weighted by atomic mass is 10.3. The fourth-order valence-electron chi connectivity index (χ4n) is 1.45. The molecule has 17 heavy (non-hydrogen) atoms. The summed E-state index contributed by atoms with van der Waals surface area (Å²) in [4.78, 5) is 17.7. The zero-order valence-corrected chi connectivity index (χ0v) is 9.86. The second-order valence-electron chi connectivity index (χ2n) is 4.12. The third kappa shape index (κ3) is 2.11. The lowest BCUT2D eigenvalue weighted by Crippen LogP contribution is -2.15. The van der Waals surface area contributed by atoms with E-state index in [1.165, 1.54) is 6.92 Å². The Bertz CT molecular complexity index is 600. The molecule has 0 aromatic carbocycles. The highest BCUT2D eigenvalue weighted by molar-refractivity contribution is 5.51. The topological polar surface area (TPSA) is 63.6 Å². The number of rotatable bonds is 2. The summed E-state index contributed by atoms with van der Waals surface area (Å²) in [5, 5.41) is 4.13. The normalized spacial score (nSPS) is 11.1. The zero-order valence-electron chi connectivity index (χ0n) is 9.86. The van der Waals surface area contributed by atoms with E-state index in [1.807, 2.05) is 13.8 Å². The number of hydrogen-bond acceptors (Lipinski definition) is 3. The minimum Gasteiger partial charge on any atom is -0.304 e. The van der Waals surface area contributed by atoms with Crippen LogP contribution >= 0.6 is 0 Å². The number of hydrogen-bond donors (Lipinski definition) is 1. The van der Waals surface area contributed by atoms with Gasteiger partial charge in [-0.3, -0.25) is 9.48 Å². The van der Waals surface area contributed by atoms with Gasteiger partial charge in [0.05, 0.1) is 17.5 Å². The minimum absolute atomic E-state index is 0.0843. The van der Waals surface area contributed by atoms with Crippen LogP contribution in [0, 0.1) is 12.7 Å². The Morgan fingerprint density at radius 2 is 2.18 bits per heavy atom. The molecule has 90 valence electrons. The number of nitrogens with one attached hydrogen (secondary N) is 1. The van der Waals surface area contributed by atoms with Gasteiger partial charge >= 0.3 is 0 Å². The Morgan fingerprint density at radius 1 is 1.47 bits per heavy atom. The van der Waals surface area contributed by atoms with E-state index in [1.54, 1.807) is 17.1 Å². The quantitative estimate of drug-likeness (QED) is 0.862. The average Bonchev–Trinajstić information content (AvgIpc) is 2.74. The summed E-state index contributed by atoms with van der Waals surface area (Å²) in [7, 11) is 0. The monoisotopic (exact) mass is 236 g/mol. The van der Waals surface area contributed by atoms with E-state index < -0.39 is 11.4 Å². The van der Waals surface area contributed by atoms with Gasteiger partial charge in [-0.2, -0.15) is 9.49 Å². The van der Waals surface area contributed by atoms with E-state index >= 15 is 0 Å². The summed E-state index contributed by atoms with van der Waals surface area (Å²) in [6.07, 6.45) is 3.36. The van der Waals surface area contributed by atoms with Crippen LogP contribution in [0.25, 0.3) is 11.4 Å². The second-order valence-corrected chi connectivity index (χ2v) is 4.12. The predicted molar refractivity (Wildman–Crippen MR) is 61.2 cm³/mol. The van der Waals surface area contributed by atoms with E-state index in [9.17, 15) is 9.18 Å². The highest BCUT2D eigenvalue weighted by Gasteiger charge is 2.10. The molecule has 0 saturated carbocycles. The molecule has 0 unspecified atom stereocenters. The van der Waals surface area contributed by atoms with Crippen LogP contribution in [0.15, 0.2) is 17.2 Å². The maximum Gasteiger partial charge on any atom is 0.287 e. The third-order valence-corrected chi connectivity index (χ3v) is 2.43. The van der Waals surface area contributed by atoms with Gasteiger partial charge in [0.25, 0.3) is 5.56 Å². The average molecular weight is 236 g/mol. The molecule has 2 aromatic heterocycles. The highest BCUT2D eigenvalue weighted by atomic mass is 19.1. The minimum atomic E-state index is -0.843. The summed E-state index contributed by atoms with van der Waals surface area (Å²) in [6, 6.07) is 0.219. The SMILES string of the molecule is Cc1nc(-c2cnn(C(C)C)c2)[nH]c(=O)c1F. The largest absolute Gasteiger partial charge is 0.304 e. The predicted octanol–water partition coefficient (Wildman–Crippen LogP) is 1.66. The Balaban J connectivity index is 2.49. The van der Waals surface area contributed by atoms with E-state index in [-0.39, 0.29) is 11.7 Å². The molecule has 0 aliphatic rings. The van der Waals surface area contributed by atoms with Crippen LogP contribution in [-0.4, -0.2) is 19.7 Å². The summed E-state index contributed by atoms with van der Waals surface area (Å²) in [5.74, 6) is -0.509. The van der Waals surface area contributed by atoms with Gasteiger partial charge < -0.3 is 4.98 Å². The molecule has 2 aromatic rings. The molecular weight excluding hydrogens is 223 g/mol. The van der Waals surface area contributed by atoms with Crippen molar-refractivity contribution in [2.24, 2.45) is 0 Å². The first-order chi connectivity index (χ1) is 7.99. The first-order valence-electron chi connectivity index (χ1n) is 5.30. The fraction of sp³-hybridized carbons (Fsp3) is 0.364. The second kappa shape index (κ2) is 4.12. The molecule has 6 heteroatoms. The smallest absolute Gasteiger partial charge is 0.287 e. The fourth-order valence-corrected chi connectivity index (χ4v) is 1.45. The van der Waals surface area contributed by atoms with Crippen molar-refractivity contribution >= 4 is 0 Å². The van der Waals surface area contributed by atoms with Gasteiger partial charge in [0, 0.05) is 12.2 Å². The Labute approximate surface area is 97.3 Å². The van der Waals surface area contributed by atoms with E-state index in [0.717, 1.165) is 0 Å². The lowest BCUT2D eigenvalue weighted by molar-refractivity contribution is 0.532. The zero-order chi connectivity index (χ0) is 12.6. The first kappa shape index (κ1) is 11.5. The van der Waals surface area contributed by atoms with Gasteiger partial charge in [0.2, 0.25) is 5.82 Å². The summed E-state index contributed by atoms with van der Waals surface area (Å²) in [5.41, 5.74) is -0.00950. The third-order valence-electron chi connectivity index (χ3n) is 2.43. The van der Waals surface area contributed by atoms with Crippen LogP contribution in [0.1, 0.15) is 25.6 Å². The number of halogens is 1. The van der Waals surface area contributed by atoms with E-state index in [4.69, 9.17) is 0 Å². The Hall–Kier alpha value is -1.98. The van der Waals surface area contributed by atoms with Gasteiger partial charge in [-0.1, -0.05) is 0 Å². The van der Waals surface area contributed by atoms with Gasteiger partial charge in [-0.15, -0.1) is 0 Å². The number of aromatic nitrogens is 4. The molecule has 0 radical (unpaired) electrons. The molecule has 0 fully saturated rings. The molecule has 0 saturated heterocycles. The van der Waals surface area contributed by atoms with Crippen molar-refractivity contribution in [3.05, 3.63) is 34.3 Å². The summed E-state index contributed by atoms with van der Waals surface area (Å²) in [6.45, 7) is 5.44. The standard InChI is InChI=1S/C11H13FN4O/c1-6(2)16-5-8(4-13-16)10-14-7(3)9(12)11(17)15-10/h4-6H,1-3H3,(H,14,15,17). The van der Waals surface area contributed by atoms with Crippen LogP contribution in [0.5, 0.6) is 0 Å². The molecule has 0 aliphatic carbocycles. The van der Waals surface area contributed by atoms with Crippen molar-refractivity contribution in [3.63, 3.8) is 0 Å². The number of H-pyrrole nitrogens is 1. The molecule has 0 spiro atoms. The molecule has 5 nitrogen and oxygen atoms in total. The van der Waals surface area contributed by atoms with Gasteiger partial charge in [0.15, 0.2) is 0 Å². The van der Waals surface area contributed by atoms with Gasteiger partial charge in [0.1, 0.15) is 5.82 Å². The van der Waals surface area contributed by atoms with Crippen LogP contribution < -0.4 is 5.56 Å². The summed E-state index contributed by atoms with van der Waals surface area (Å²) < 4.78 is 14.9.